The SMILES string of the molecule is C=C1/C(=C/Sc2ccccc2[N+](=O)[O-])C2CCC1O2. The molecule has 2 unspecified atom stereocenters. The molecule has 0 saturated carbocycles. The van der Waals surface area contributed by atoms with E-state index in [0.717, 1.165) is 24.0 Å². The number of hydrogen-bond donors (Lipinski definition) is 0. The second-order valence-electron chi connectivity index (χ2n) is 4.63. The van der Waals surface area contributed by atoms with Gasteiger partial charge < -0.3 is 4.74 Å². The standard InChI is InChI=1S/C14H13NO3S/c1-9-10(13-7-6-12(9)18-13)8-19-14-5-3-2-4-11(14)15(16)17/h2-5,8,12-13H,1,6-7H2/b10-8-. The first-order valence-electron chi connectivity index (χ1n) is 6.11. The number of nitro benzene ring substituents is 1. The predicted octanol–water partition coefficient (Wildman–Crippen LogP) is 3.69. The lowest BCUT2D eigenvalue weighted by Gasteiger charge is -2.11. The summed E-state index contributed by atoms with van der Waals surface area (Å²) in [7, 11) is 0. The van der Waals surface area contributed by atoms with E-state index in [1.165, 1.54) is 17.8 Å². The Hall–Kier alpha value is -1.59. The van der Waals surface area contributed by atoms with Gasteiger partial charge in [0, 0.05) is 6.07 Å². The minimum Gasteiger partial charge on any atom is -0.366 e. The van der Waals surface area contributed by atoms with Crippen molar-refractivity contribution in [3.8, 4) is 0 Å². The van der Waals surface area contributed by atoms with Crippen molar-refractivity contribution in [1.29, 1.82) is 0 Å². The molecule has 1 aromatic rings. The van der Waals surface area contributed by atoms with E-state index < -0.39 is 0 Å². The zero-order valence-electron chi connectivity index (χ0n) is 10.2. The third kappa shape index (κ3) is 2.19. The van der Waals surface area contributed by atoms with Crippen LogP contribution < -0.4 is 0 Å². The lowest BCUT2D eigenvalue weighted by molar-refractivity contribution is -0.387. The van der Waals surface area contributed by atoms with Gasteiger partial charge in [0.1, 0.15) is 0 Å². The largest absolute Gasteiger partial charge is 0.366 e. The van der Waals surface area contributed by atoms with Gasteiger partial charge in [-0.15, -0.1) is 0 Å². The Morgan fingerprint density at radius 3 is 2.79 bits per heavy atom. The van der Waals surface area contributed by atoms with Gasteiger partial charge in [-0.25, -0.2) is 0 Å². The highest BCUT2D eigenvalue weighted by atomic mass is 32.2. The smallest absolute Gasteiger partial charge is 0.283 e. The van der Waals surface area contributed by atoms with Crippen LogP contribution in [0.4, 0.5) is 5.69 Å². The Balaban J connectivity index is 1.83. The third-order valence-electron chi connectivity index (χ3n) is 3.50. The second-order valence-corrected chi connectivity index (χ2v) is 5.54. The Kier molecular flexibility index (Phi) is 3.16. The number of nitro groups is 1. The lowest BCUT2D eigenvalue weighted by Crippen LogP contribution is -2.07. The maximum absolute atomic E-state index is 10.9. The fourth-order valence-corrected chi connectivity index (χ4v) is 3.48. The van der Waals surface area contributed by atoms with Gasteiger partial charge in [0.25, 0.3) is 5.69 Å². The van der Waals surface area contributed by atoms with Gasteiger partial charge in [-0.1, -0.05) is 30.5 Å². The maximum atomic E-state index is 10.9. The van der Waals surface area contributed by atoms with Crippen LogP contribution in [0.1, 0.15) is 12.8 Å². The summed E-state index contributed by atoms with van der Waals surface area (Å²) in [5.74, 6) is 0. The molecular formula is C14H13NO3S. The molecule has 2 fully saturated rings. The van der Waals surface area contributed by atoms with E-state index in [2.05, 4.69) is 6.58 Å². The number of rotatable bonds is 3. The van der Waals surface area contributed by atoms with Gasteiger partial charge in [0.2, 0.25) is 0 Å². The molecule has 2 bridgehead atoms. The summed E-state index contributed by atoms with van der Waals surface area (Å²) in [5, 5.41) is 12.9. The predicted molar refractivity (Wildman–Crippen MR) is 74.1 cm³/mol. The Labute approximate surface area is 115 Å². The molecule has 0 spiro atoms. The first-order valence-corrected chi connectivity index (χ1v) is 6.99. The molecule has 0 N–H and O–H groups in total. The van der Waals surface area contributed by atoms with Gasteiger partial charge in [0.05, 0.1) is 22.0 Å². The molecule has 0 aromatic heterocycles. The number of fused-ring (bicyclic) bond motifs is 2. The Morgan fingerprint density at radius 1 is 1.37 bits per heavy atom. The van der Waals surface area contributed by atoms with E-state index in [0.29, 0.717) is 4.90 Å². The highest BCUT2D eigenvalue weighted by Gasteiger charge is 2.39. The van der Waals surface area contributed by atoms with Crippen molar-refractivity contribution in [1.82, 2.24) is 0 Å². The number of thioether (sulfide) groups is 1. The molecule has 5 heteroatoms. The molecule has 4 nitrogen and oxygen atoms in total. The molecule has 98 valence electrons. The minimum absolute atomic E-state index is 0.132. The van der Waals surface area contributed by atoms with Crippen LogP contribution >= 0.6 is 11.8 Å². The summed E-state index contributed by atoms with van der Waals surface area (Å²) in [5.41, 5.74) is 2.26. The fourth-order valence-electron chi connectivity index (χ4n) is 2.50. The van der Waals surface area contributed by atoms with E-state index in [4.69, 9.17) is 4.74 Å². The molecule has 0 aliphatic carbocycles. The number of benzene rings is 1. The third-order valence-corrected chi connectivity index (χ3v) is 4.47. The van der Waals surface area contributed by atoms with E-state index in [-0.39, 0.29) is 22.8 Å². The topological polar surface area (TPSA) is 52.4 Å². The number of hydrogen-bond acceptors (Lipinski definition) is 4. The van der Waals surface area contributed by atoms with Crippen molar-refractivity contribution in [2.75, 3.05) is 0 Å². The van der Waals surface area contributed by atoms with Crippen molar-refractivity contribution in [2.24, 2.45) is 0 Å². The molecule has 0 amide bonds. The molecule has 0 radical (unpaired) electrons. The van der Waals surface area contributed by atoms with Crippen molar-refractivity contribution >= 4 is 17.4 Å². The average Bonchev–Trinajstić information content (AvgIpc) is 2.98. The van der Waals surface area contributed by atoms with E-state index in [1.807, 2.05) is 5.41 Å². The normalized spacial score (nSPS) is 27.2. The molecule has 19 heavy (non-hydrogen) atoms. The van der Waals surface area contributed by atoms with Crippen LogP contribution in [0.3, 0.4) is 0 Å². The summed E-state index contributed by atoms with van der Waals surface area (Å²) in [6.45, 7) is 4.05. The van der Waals surface area contributed by atoms with Crippen molar-refractivity contribution < 1.29 is 9.66 Å². The molecule has 2 aliphatic heterocycles. The second kappa shape index (κ2) is 4.83. The summed E-state index contributed by atoms with van der Waals surface area (Å²) in [6.07, 6.45) is 2.35. The average molecular weight is 275 g/mol. The van der Waals surface area contributed by atoms with E-state index in [1.54, 1.807) is 18.2 Å². The summed E-state index contributed by atoms with van der Waals surface area (Å²) in [6, 6.07) is 6.76. The highest BCUT2D eigenvalue weighted by Crippen LogP contribution is 2.43. The lowest BCUT2D eigenvalue weighted by atomic mass is 9.92. The monoisotopic (exact) mass is 275 g/mol. The number of nitrogens with zero attached hydrogens (tertiary/aromatic N) is 1. The van der Waals surface area contributed by atoms with Crippen LogP contribution in [0.15, 0.2) is 52.3 Å². The fraction of sp³-hybridized carbons (Fsp3) is 0.286. The Bertz CT molecular complexity index is 582. The number of ether oxygens (including phenoxy) is 1. The van der Waals surface area contributed by atoms with Crippen LogP contribution in [0.25, 0.3) is 0 Å². The van der Waals surface area contributed by atoms with Crippen molar-refractivity contribution in [2.45, 2.75) is 29.9 Å². The molecule has 2 heterocycles. The van der Waals surface area contributed by atoms with Crippen molar-refractivity contribution in [3.05, 3.63) is 57.5 Å². The first kappa shape index (κ1) is 12.4. The summed E-state index contributed by atoms with van der Waals surface area (Å²) < 4.78 is 5.75. The zero-order chi connectivity index (χ0) is 13.4. The molecule has 3 rings (SSSR count). The van der Waals surface area contributed by atoms with E-state index >= 15 is 0 Å². The van der Waals surface area contributed by atoms with Gasteiger partial charge in [-0.3, -0.25) is 10.1 Å². The van der Waals surface area contributed by atoms with Gasteiger partial charge in [-0.2, -0.15) is 0 Å². The van der Waals surface area contributed by atoms with Crippen LogP contribution in [-0.2, 0) is 4.74 Å². The maximum Gasteiger partial charge on any atom is 0.283 e. The van der Waals surface area contributed by atoms with Crippen LogP contribution in [0, 0.1) is 10.1 Å². The van der Waals surface area contributed by atoms with Crippen LogP contribution in [0.5, 0.6) is 0 Å². The minimum atomic E-state index is -0.354. The molecular weight excluding hydrogens is 262 g/mol. The molecule has 1 aromatic carbocycles. The van der Waals surface area contributed by atoms with Gasteiger partial charge >= 0.3 is 0 Å². The summed E-state index contributed by atoms with van der Waals surface area (Å²) >= 11 is 1.37. The van der Waals surface area contributed by atoms with Gasteiger partial charge in [-0.05, 0) is 35.5 Å². The van der Waals surface area contributed by atoms with Gasteiger partial charge in [0.15, 0.2) is 0 Å². The highest BCUT2D eigenvalue weighted by molar-refractivity contribution is 8.02. The quantitative estimate of drug-likeness (QED) is 0.479. The summed E-state index contributed by atoms with van der Waals surface area (Å²) in [4.78, 5) is 11.2. The molecule has 2 aliphatic rings. The Morgan fingerprint density at radius 2 is 2.11 bits per heavy atom. The first-order chi connectivity index (χ1) is 9.16. The molecule has 2 saturated heterocycles. The van der Waals surface area contributed by atoms with Crippen LogP contribution in [-0.4, -0.2) is 17.1 Å². The van der Waals surface area contributed by atoms with Crippen molar-refractivity contribution in [3.63, 3.8) is 0 Å². The number of para-hydroxylation sites is 1. The van der Waals surface area contributed by atoms with Crippen LogP contribution in [0.2, 0.25) is 0 Å². The van der Waals surface area contributed by atoms with E-state index in [9.17, 15) is 10.1 Å². The molecule has 2 atom stereocenters. The zero-order valence-corrected chi connectivity index (χ0v) is 11.1.